The lowest BCUT2D eigenvalue weighted by molar-refractivity contribution is -0.145. The summed E-state index contributed by atoms with van der Waals surface area (Å²) in [6.07, 6.45) is 10.6. The second kappa shape index (κ2) is 10.9. The van der Waals surface area contributed by atoms with Crippen LogP contribution in [-0.2, 0) is 9.63 Å². The zero-order chi connectivity index (χ0) is 12.2. The number of rotatable bonds is 10. The minimum atomic E-state index is -0.551. The highest BCUT2D eigenvalue weighted by molar-refractivity contribution is 5.74. The van der Waals surface area contributed by atoms with Gasteiger partial charge in [0.1, 0.15) is 6.04 Å². The first-order valence-electron chi connectivity index (χ1n) is 6.38. The zero-order valence-corrected chi connectivity index (χ0v) is 10.4. The standard InChI is InChI=1S/C12H26N2O2/c1-2-3-4-5-6-7-8-9-10-11(13)12(15)16-14/h11H,2-10,13-14H2,1H3. The Morgan fingerprint density at radius 1 is 1.06 bits per heavy atom. The van der Waals surface area contributed by atoms with Crippen LogP contribution in [0.25, 0.3) is 0 Å². The van der Waals surface area contributed by atoms with Gasteiger partial charge in [0.15, 0.2) is 0 Å². The van der Waals surface area contributed by atoms with Gasteiger partial charge >= 0.3 is 5.97 Å². The average molecular weight is 230 g/mol. The van der Waals surface area contributed by atoms with Crippen LogP contribution in [0, 0.1) is 0 Å². The Bertz CT molecular complexity index is 174. The minimum absolute atomic E-state index is 0.511. The van der Waals surface area contributed by atoms with Gasteiger partial charge < -0.3 is 10.6 Å². The van der Waals surface area contributed by atoms with E-state index in [0.29, 0.717) is 6.42 Å². The molecule has 0 heterocycles. The van der Waals surface area contributed by atoms with Gasteiger partial charge in [0, 0.05) is 0 Å². The molecule has 0 aliphatic rings. The van der Waals surface area contributed by atoms with Crippen LogP contribution in [0.3, 0.4) is 0 Å². The van der Waals surface area contributed by atoms with Gasteiger partial charge in [0.2, 0.25) is 0 Å². The predicted octanol–water partition coefficient (Wildman–Crippen LogP) is 2.26. The Balaban J connectivity index is 3.17. The van der Waals surface area contributed by atoms with Crippen LogP contribution < -0.4 is 11.6 Å². The highest BCUT2D eigenvalue weighted by Crippen LogP contribution is 2.10. The normalized spacial score (nSPS) is 12.4. The van der Waals surface area contributed by atoms with Gasteiger partial charge in [-0.1, -0.05) is 58.3 Å². The summed E-state index contributed by atoms with van der Waals surface area (Å²) in [5.41, 5.74) is 5.55. The smallest absolute Gasteiger partial charge is 0.341 e. The largest absolute Gasteiger partial charge is 0.372 e. The van der Waals surface area contributed by atoms with E-state index in [9.17, 15) is 4.79 Å². The molecular formula is C12H26N2O2. The third-order valence-corrected chi connectivity index (χ3v) is 2.79. The molecule has 4 nitrogen and oxygen atoms in total. The van der Waals surface area contributed by atoms with Crippen molar-refractivity contribution in [1.82, 2.24) is 0 Å². The molecule has 0 aromatic carbocycles. The Morgan fingerprint density at radius 3 is 2.06 bits per heavy atom. The minimum Gasteiger partial charge on any atom is -0.372 e. The molecule has 4 N–H and O–H groups in total. The molecule has 0 bridgehead atoms. The van der Waals surface area contributed by atoms with Crippen molar-refractivity contribution in [3.05, 3.63) is 0 Å². The fraction of sp³-hybridized carbons (Fsp3) is 0.917. The van der Waals surface area contributed by atoms with Crippen LogP contribution >= 0.6 is 0 Å². The monoisotopic (exact) mass is 230 g/mol. The summed E-state index contributed by atoms with van der Waals surface area (Å²) in [5, 5.41) is 0. The van der Waals surface area contributed by atoms with Gasteiger partial charge in [-0.25, -0.2) is 4.79 Å². The summed E-state index contributed by atoms with van der Waals surface area (Å²) in [4.78, 5) is 14.9. The van der Waals surface area contributed by atoms with E-state index in [1.165, 1.54) is 38.5 Å². The molecule has 0 aromatic rings. The molecule has 4 heteroatoms. The quantitative estimate of drug-likeness (QED) is 0.446. The first-order chi connectivity index (χ1) is 7.72. The molecule has 0 spiro atoms. The van der Waals surface area contributed by atoms with E-state index in [-0.39, 0.29) is 0 Å². The van der Waals surface area contributed by atoms with E-state index in [4.69, 9.17) is 11.6 Å². The first-order valence-corrected chi connectivity index (χ1v) is 6.38. The Labute approximate surface area is 98.7 Å². The van der Waals surface area contributed by atoms with E-state index < -0.39 is 12.0 Å². The molecule has 0 fully saturated rings. The van der Waals surface area contributed by atoms with Gasteiger partial charge in [0.05, 0.1) is 0 Å². The summed E-state index contributed by atoms with van der Waals surface area (Å²) in [7, 11) is 0. The second-order valence-corrected chi connectivity index (χ2v) is 4.31. The van der Waals surface area contributed by atoms with Crippen LogP contribution in [0.5, 0.6) is 0 Å². The average Bonchev–Trinajstić information content (AvgIpc) is 2.31. The molecule has 0 aliphatic carbocycles. The lowest BCUT2D eigenvalue weighted by Gasteiger charge is -2.07. The molecule has 16 heavy (non-hydrogen) atoms. The number of carbonyl (C=O) groups excluding carboxylic acids is 1. The zero-order valence-electron chi connectivity index (χ0n) is 10.4. The van der Waals surface area contributed by atoms with Gasteiger partial charge in [-0.15, -0.1) is 0 Å². The van der Waals surface area contributed by atoms with Crippen molar-refractivity contribution in [1.29, 1.82) is 0 Å². The van der Waals surface area contributed by atoms with Gasteiger partial charge in [-0.2, -0.15) is 5.90 Å². The van der Waals surface area contributed by atoms with Crippen LogP contribution in [-0.4, -0.2) is 12.0 Å². The fourth-order valence-electron chi connectivity index (χ4n) is 1.70. The number of hydrogen-bond donors (Lipinski definition) is 2. The molecule has 0 aromatic heterocycles. The van der Waals surface area contributed by atoms with Gasteiger partial charge in [-0.05, 0) is 6.42 Å². The topological polar surface area (TPSA) is 78.3 Å². The van der Waals surface area contributed by atoms with Gasteiger partial charge in [-0.3, -0.25) is 0 Å². The van der Waals surface area contributed by atoms with Crippen molar-refractivity contribution in [2.45, 2.75) is 70.8 Å². The van der Waals surface area contributed by atoms with Crippen LogP contribution in [0.4, 0.5) is 0 Å². The Hall–Kier alpha value is -0.610. The van der Waals surface area contributed by atoms with Crippen molar-refractivity contribution < 1.29 is 9.63 Å². The van der Waals surface area contributed by atoms with Crippen LogP contribution in [0.15, 0.2) is 0 Å². The van der Waals surface area contributed by atoms with Gasteiger partial charge in [0.25, 0.3) is 0 Å². The molecule has 96 valence electrons. The molecule has 1 atom stereocenters. The maximum atomic E-state index is 10.9. The van der Waals surface area contributed by atoms with E-state index in [1.54, 1.807) is 0 Å². The first kappa shape index (κ1) is 15.4. The molecule has 0 saturated heterocycles. The number of hydrogen-bond acceptors (Lipinski definition) is 4. The predicted molar refractivity (Wildman–Crippen MR) is 65.5 cm³/mol. The lowest BCUT2D eigenvalue weighted by Crippen LogP contribution is -2.33. The van der Waals surface area contributed by atoms with Crippen LogP contribution in [0.1, 0.15) is 64.7 Å². The summed E-state index contributed by atoms with van der Waals surface area (Å²) in [6.45, 7) is 2.22. The molecule has 0 rings (SSSR count). The molecule has 0 aliphatic heterocycles. The van der Waals surface area contributed by atoms with E-state index in [2.05, 4.69) is 11.8 Å². The van der Waals surface area contributed by atoms with E-state index in [1.807, 2.05) is 0 Å². The summed E-state index contributed by atoms with van der Waals surface area (Å²) < 4.78 is 0. The molecule has 1 unspecified atom stereocenters. The maximum Gasteiger partial charge on any atom is 0.341 e. The maximum absolute atomic E-state index is 10.9. The summed E-state index contributed by atoms with van der Waals surface area (Å²) in [6, 6.07) is -0.551. The fourth-order valence-corrected chi connectivity index (χ4v) is 1.70. The number of unbranched alkanes of at least 4 members (excludes halogenated alkanes) is 7. The van der Waals surface area contributed by atoms with Crippen molar-refractivity contribution in [3.63, 3.8) is 0 Å². The third kappa shape index (κ3) is 8.68. The Morgan fingerprint density at radius 2 is 1.56 bits per heavy atom. The van der Waals surface area contributed by atoms with E-state index in [0.717, 1.165) is 12.8 Å². The van der Waals surface area contributed by atoms with Crippen molar-refractivity contribution in [2.75, 3.05) is 0 Å². The second-order valence-electron chi connectivity index (χ2n) is 4.31. The highest BCUT2D eigenvalue weighted by atomic mass is 16.7. The number of carbonyl (C=O) groups is 1. The molecule has 0 saturated carbocycles. The Kier molecular flexibility index (Phi) is 10.5. The van der Waals surface area contributed by atoms with Crippen LogP contribution in [0.2, 0.25) is 0 Å². The van der Waals surface area contributed by atoms with Crippen molar-refractivity contribution in [3.8, 4) is 0 Å². The van der Waals surface area contributed by atoms with Crippen molar-refractivity contribution >= 4 is 5.97 Å². The lowest BCUT2D eigenvalue weighted by atomic mass is 10.1. The molecule has 0 amide bonds. The highest BCUT2D eigenvalue weighted by Gasteiger charge is 2.12. The summed E-state index contributed by atoms with van der Waals surface area (Å²) in [5.74, 6) is 4.23. The van der Waals surface area contributed by atoms with Crippen molar-refractivity contribution in [2.24, 2.45) is 11.6 Å². The van der Waals surface area contributed by atoms with E-state index >= 15 is 0 Å². The molecular weight excluding hydrogens is 204 g/mol. The SMILES string of the molecule is CCCCCCCCCCC(N)C(=O)ON. The number of nitrogens with two attached hydrogens (primary N) is 2. The summed E-state index contributed by atoms with van der Waals surface area (Å²) >= 11 is 0. The molecule has 0 radical (unpaired) electrons. The third-order valence-electron chi connectivity index (χ3n) is 2.79.